The Kier molecular flexibility index (Phi) is 8.08. The Bertz CT molecular complexity index is 637. The van der Waals surface area contributed by atoms with Gasteiger partial charge < -0.3 is 20.7 Å². The summed E-state index contributed by atoms with van der Waals surface area (Å²) in [7, 11) is 2.49. The minimum Gasteiger partial charge on any atom is -0.494 e. The van der Waals surface area contributed by atoms with E-state index >= 15 is 0 Å². The van der Waals surface area contributed by atoms with Gasteiger partial charge >= 0.3 is 5.97 Å². The highest BCUT2D eigenvalue weighted by Gasteiger charge is 2.48. The van der Waals surface area contributed by atoms with Crippen molar-refractivity contribution < 1.29 is 19.7 Å². The molecule has 1 aromatic carbocycles. The van der Waals surface area contributed by atoms with E-state index in [1.165, 1.54) is 17.5 Å². The summed E-state index contributed by atoms with van der Waals surface area (Å²) in [6, 6.07) is 6.41. The maximum absolute atomic E-state index is 9.54. The fourth-order valence-electron chi connectivity index (χ4n) is 4.49. The largest absolute Gasteiger partial charge is 0.494 e. The standard InChI is InChI=1S/C18H28NO2P.C3H6O2/c1-2-21-16-5-3-4-13-10-15-12(6-7-17(20)22)8-9-18(15,19)11-14(13)16;1-2-3(4)5/h3-5,12,15,17,20H,2,6-11,19,22H2,1H3;2H2,1H3,(H,4,5). The van der Waals surface area contributed by atoms with Crippen molar-refractivity contribution in [1.29, 1.82) is 0 Å². The molecule has 1 aromatic rings. The molecule has 3 rings (SSSR count). The van der Waals surface area contributed by atoms with E-state index in [1.807, 2.05) is 6.92 Å². The number of benzene rings is 1. The lowest BCUT2D eigenvalue weighted by molar-refractivity contribution is -0.136. The first-order valence-corrected chi connectivity index (χ1v) is 10.6. The summed E-state index contributed by atoms with van der Waals surface area (Å²) < 4.78 is 5.81. The van der Waals surface area contributed by atoms with E-state index in [-0.39, 0.29) is 17.8 Å². The molecule has 2 aliphatic carbocycles. The van der Waals surface area contributed by atoms with Gasteiger partial charge in [-0.15, -0.1) is 9.24 Å². The van der Waals surface area contributed by atoms with E-state index in [0.29, 0.717) is 18.4 Å². The molecule has 5 unspecified atom stereocenters. The number of aliphatic carboxylic acids is 1. The highest BCUT2D eigenvalue weighted by molar-refractivity contribution is 7.17. The van der Waals surface area contributed by atoms with Crippen molar-refractivity contribution in [2.45, 2.75) is 70.2 Å². The number of hydrogen-bond acceptors (Lipinski definition) is 4. The van der Waals surface area contributed by atoms with Crippen LogP contribution in [0.5, 0.6) is 5.75 Å². The number of rotatable bonds is 6. The Labute approximate surface area is 164 Å². The van der Waals surface area contributed by atoms with Crippen LogP contribution in [0.15, 0.2) is 18.2 Å². The third kappa shape index (κ3) is 5.66. The predicted octanol–water partition coefficient (Wildman–Crippen LogP) is 3.36. The maximum atomic E-state index is 9.54. The first kappa shape index (κ1) is 22.1. The molecule has 0 aromatic heterocycles. The molecule has 5 nitrogen and oxygen atoms in total. The molecule has 152 valence electrons. The van der Waals surface area contributed by atoms with E-state index in [9.17, 15) is 9.90 Å². The van der Waals surface area contributed by atoms with Crippen LogP contribution in [0.3, 0.4) is 0 Å². The molecule has 0 bridgehead atoms. The number of ether oxygens (including phenoxy) is 1. The van der Waals surface area contributed by atoms with E-state index in [2.05, 4.69) is 27.4 Å². The van der Waals surface area contributed by atoms with Crippen molar-refractivity contribution in [2.75, 3.05) is 6.61 Å². The average Bonchev–Trinajstić information content (AvgIpc) is 2.95. The number of nitrogens with two attached hydrogens (primary N) is 1. The van der Waals surface area contributed by atoms with Gasteiger partial charge in [0, 0.05) is 12.0 Å². The first-order chi connectivity index (χ1) is 12.8. The third-order valence-electron chi connectivity index (χ3n) is 5.90. The monoisotopic (exact) mass is 395 g/mol. The molecule has 0 spiro atoms. The van der Waals surface area contributed by atoms with E-state index in [1.54, 1.807) is 6.92 Å². The van der Waals surface area contributed by atoms with Gasteiger partial charge in [0.1, 0.15) is 5.75 Å². The highest BCUT2D eigenvalue weighted by Crippen LogP contribution is 2.49. The number of carboxylic acid groups (broad SMARTS) is 1. The summed E-state index contributed by atoms with van der Waals surface area (Å²) in [6.45, 7) is 4.33. The van der Waals surface area contributed by atoms with E-state index < -0.39 is 5.97 Å². The topological polar surface area (TPSA) is 92.8 Å². The summed E-state index contributed by atoms with van der Waals surface area (Å²) >= 11 is 0. The van der Waals surface area contributed by atoms with Crippen LogP contribution in [0.2, 0.25) is 0 Å². The Hall–Kier alpha value is -1.16. The van der Waals surface area contributed by atoms with Crippen LogP contribution < -0.4 is 10.5 Å². The Morgan fingerprint density at radius 1 is 1.44 bits per heavy atom. The van der Waals surface area contributed by atoms with Gasteiger partial charge in [-0.25, -0.2) is 0 Å². The number of carboxylic acids is 1. The SMILES string of the molecule is CCC(=O)O.CCOc1cccc2c1CC1(N)CCC(CCC(O)P)C1C2. The third-order valence-corrected chi connectivity index (χ3v) is 6.23. The second-order valence-corrected chi connectivity index (χ2v) is 8.51. The van der Waals surface area contributed by atoms with Gasteiger partial charge in [0.05, 0.1) is 12.5 Å². The van der Waals surface area contributed by atoms with Crippen LogP contribution in [-0.2, 0) is 17.6 Å². The first-order valence-electron chi connectivity index (χ1n) is 9.98. The molecule has 0 aliphatic heterocycles. The number of fused-ring (bicyclic) bond motifs is 2. The van der Waals surface area contributed by atoms with Crippen molar-refractivity contribution in [3.63, 3.8) is 0 Å². The summed E-state index contributed by atoms with van der Waals surface area (Å²) in [5.74, 6) is 1.18. The molecule has 0 amide bonds. The second-order valence-electron chi connectivity index (χ2n) is 7.74. The fourth-order valence-corrected chi connectivity index (χ4v) is 4.68. The van der Waals surface area contributed by atoms with E-state index in [0.717, 1.165) is 37.9 Å². The smallest absolute Gasteiger partial charge is 0.303 e. The van der Waals surface area contributed by atoms with Gasteiger partial charge in [0.2, 0.25) is 0 Å². The molecule has 5 atom stereocenters. The summed E-state index contributed by atoms with van der Waals surface area (Å²) in [5, 5.41) is 17.3. The Morgan fingerprint density at radius 2 is 2.15 bits per heavy atom. The normalized spacial score (nSPS) is 27.0. The Balaban J connectivity index is 0.000000465. The number of aliphatic hydroxyl groups excluding tert-OH is 1. The van der Waals surface area contributed by atoms with E-state index in [4.69, 9.17) is 15.6 Å². The van der Waals surface area contributed by atoms with Crippen LogP contribution in [0.25, 0.3) is 0 Å². The number of aliphatic hydroxyl groups is 1. The zero-order valence-corrected chi connectivity index (χ0v) is 17.6. The molecular formula is C21H34NO4P. The molecule has 2 aliphatic rings. The van der Waals surface area contributed by atoms with Crippen LogP contribution >= 0.6 is 9.24 Å². The van der Waals surface area contributed by atoms with Crippen molar-refractivity contribution in [3.05, 3.63) is 29.3 Å². The molecular weight excluding hydrogens is 361 g/mol. The van der Waals surface area contributed by atoms with Crippen molar-refractivity contribution in [3.8, 4) is 5.75 Å². The maximum Gasteiger partial charge on any atom is 0.303 e. The molecule has 1 saturated carbocycles. The molecule has 1 fully saturated rings. The van der Waals surface area contributed by atoms with Crippen molar-refractivity contribution in [2.24, 2.45) is 17.6 Å². The van der Waals surface area contributed by atoms with Crippen molar-refractivity contribution in [1.82, 2.24) is 0 Å². The van der Waals surface area contributed by atoms with Gasteiger partial charge in [-0.2, -0.15) is 0 Å². The molecule has 0 heterocycles. The lowest BCUT2D eigenvalue weighted by Gasteiger charge is -2.40. The van der Waals surface area contributed by atoms with Gasteiger partial charge in [0.25, 0.3) is 0 Å². The van der Waals surface area contributed by atoms with Crippen LogP contribution in [-0.4, -0.2) is 34.2 Å². The predicted molar refractivity (Wildman–Crippen MR) is 111 cm³/mol. The summed E-state index contributed by atoms with van der Waals surface area (Å²) in [6.07, 6.45) is 6.43. The lowest BCUT2D eigenvalue weighted by Crippen LogP contribution is -2.50. The zero-order chi connectivity index (χ0) is 20.0. The van der Waals surface area contributed by atoms with Gasteiger partial charge in [-0.3, -0.25) is 4.79 Å². The number of hydrogen-bond donors (Lipinski definition) is 3. The molecule has 27 heavy (non-hydrogen) atoms. The van der Waals surface area contributed by atoms with Crippen molar-refractivity contribution >= 4 is 15.2 Å². The van der Waals surface area contributed by atoms with Crippen LogP contribution in [0.1, 0.15) is 57.1 Å². The lowest BCUT2D eigenvalue weighted by atomic mass is 9.69. The van der Waals surface area contributed by atoms with Gasteiger partial charge in [0.15, 0.2) is 0 Å². The second kappa shape index (κ2) is 9.86. The summed E-state index contributed by atoms with van der Waals surface area (Å²) in [4.78, 5) is 9.37. The van der Waals surface area contributed by atoms with Crippen LogP contribution in [0.4, 0.5) is 0 Å². The average molecular weight is 395 g/mol. The Morgan fingerprint density at radius 3 is 2.74 bits per heavy atom. The minimum absolute atomic E-state index is 0.0866. The molecule has 6 heteroatoms. The molecule has 0 radical (unpaired) electrons. The summed E-state index contributed by atoms with van der Waals surface area (Å²) in [5.41, 5.74) is 9.47. The van der Waals surface area contributed by atoms with Gasteiger partial charge in [-0.05, 0) is 74.5 Å². The minimum atomic E-state index is -0.745. The van der Waals surface area contributed by atoms with Crippen LogP contribution in [0, 0.1) is 11.8 Å². The highest BCUT2D eigenvalue weighted by atomic mass is 31.0. The zero-order valence-electron chi connectivity index (χ0n) is 16.5. The van der Waals surface area contributed by atoms with Gasteiger partial charge in [-0.1, -0.05) is 19.1 Å². The quantitative estimate of drug-likeness (QED) is 0.642. The fraction of sp³-hybridized carbons (Fsp3) is 0.667. The molecule has 4 N–H and O–H groups in total. The number of carbonyl (C=O) groups is 1. The molecule has 0 saturated heterocycles.